The van der Waals surface area contributed by atoms with Gasteiger partial charge >= 0.3 is 0 Å². The molecule has 0 unspecified atom stereocenters. The molecule has 3 nitrogen and oxygen atoms in total. The van der Waals surface area contributed by atoms with Crippen molar-refractivity contribution in [1.29, 1.82) is 0 Å². The van der Waals surface area contributed by atoms with Crippen LogP contribution < -0.4 is 0 Å². The Labute approximate surface area is 272 Å². The van der Waals surface area contributed by atoms with Crippen LogP contribution in [0.15, 0.2) is 174 Å². The molecule has 0 amide bonds. The van der Waals surface area contributed by atoms with E-state index in [-0.39, 0.29) is 0 Å². The molecule has 0 aliphatic heterocycles. The summed E-state index contributed by atoms with van der Waals surface area (Å²) in [5.74, 6) is 0.715. The van der Waals surface area contributed by atoms with Gasteiger partial charge in [0.1, 0.15) is 11.2 Å². The van der Waals surface area contributed by atoms with Crippen molar-refractivity contribution >= 4 is 32.7 Å². The first-order valence-electron chi connectivity index (χ1n) is 15.8. The van der Waals surface area contributed by atoms with Crippen LogP contribution in [-0.4, -0.2) is 9.97 Å². The summed E-state index contributed by atoms with van der Waals surface area (Å²) in [7, 11) is 0. The number of benzene rings is 7. The van der Waals surface area contributed by atoms with E-state index in [0.717, 1.165) is 55.4 Å². The van der Waals surface area contributed by atoms with Crippen LogP contribution in [0, 0.1) is 0 Å². The Kier molecular flexibility index (Phi) is 6.46. The zero-order chi connectivity index (χ0) is 31.2. The minimum atomic E-state index is 0.715. The third-order valence-electron chi connectivity index (χ3n) is 8.93. The van der Waals surface area contributed by atoms with E-state index in [2.05, 4.69) is 121 Å². The lowest BCUT2D eigenvalue weighted by atomic mass is 9.92. The van der Waals surface area contributed by atoms with E-state index in [1.54, 1.807) is 0 Å². The number of para-hydroxylation sites is 1. The lowest BCUT2D eigenvalue weighted by molar-refractivity contribution is 0.669. The van der Waals surface area contributed by atoms with E-state index in [9.17, 15) is 0 Å². The van der Waals surface area contributed by atoms with Gasteiger partial charge in [0.05, 0.1) is 11.4 Å². The molecule has 47 heavy (non-hydrogen) atoms. The topological polar surface area (TPSA) is 38.9 Å². The highest BCUT2D eigenvalue weighted by Crippen LogP contribution is 2.38. The highest BCUT2D eigenvalue weighted by atomic mass is 16.3. The number of rotatable bonds is 5. The molecule has 0 fully saturated rings. The predicted octanol–water partition coefficient (Wildman–Crippen LogP) is 11.9. The third-order valence-corrected chi connectivity index (χ3v) is 8.93. The van der Waals surface area contributed by atoms with Crippen LogP contribution in [0.2, 0.25) is 0 Å². The molecule has 0 aliphatic rings. The molecule has 220 valence electrons. The summed E-state index contributed by atoms with van der Waals surface area (Å²) in [6, 6.07) is 59.2. The van der Waals surface area contributed by atoms with Gasteiger partial charge in [-0.25, -0.2) is 9.97 Å². The Morgan fingerprint density at radius 1 is 0.319 bits per heavy atom. The van der Waals surface area contributed by atoms with Gasteiger partial charge in [-0.1, -0.05) is 146 Å². The fourth-order valence-electron chi connectivity index (χ4n) is 6.58. The van der Waals surface area contributed by atoms with Crippen molar-refractivity contribution in [2.24, 2.45) is 0 Å². The second kappa shape index (κ2) is 11.2. The first-order valence-corrected chi connectivity index (χ1v) is 15.8. The molecule has 3 heteroatoms. The Balaban J connectivity index is 1.13. The summed E-state index contributed by atoms with van der Waals surface area (Å²) >= 11 is 0. The van der Waals surface area contributed by atoms with Crippen molar-refractivity contribution < 1.29 is 4.42 Å². The van der Waals surface area contributed by atoms with Crippen molar-refractivity contribution in [3.05, 3.63) is 170 Å². The van der Waals surface area contributed by atoms with Gasteiger partial charge in [0.15, 0.2) is 5.82 Å². The molecule has 0 radical (unpaired) electrons. The summed E-state index contributed by atoms with van der Waals surface area (Å²) < 4.78 is 6.05. The maximum atomic E-state index is 6.05. The number of furan rings is 1. The zero-order valence-electron chi connectivity index (χ0n) is 25.5. The predicted molar refractivity (Wildman–Crippen MR) is 194 cm³/mol. The van der Waals surface area contributed by atoms with Crippen molar-refractivity contribution in [3.8, 4) is 56.2 Å². The number of nitrogens with zero attached hydrogens (tertiary/aromatic N) is 2. The van der Waals surface area contributed by atoms with E-state index in [4.69, 9.17) is 14.4 Å². The van der Waals surface area contributed by atoms with Gasteiger partial charge in [-0.3, -0.25) is 0 Å². The summed E-state index contributed by atoms with van der Waals surface area (Å²) in [4.78, 5) is 10.1. The minimum Gasteiger partial charge on any atom is -0.456 e. The normalized spacial score (nSPS) is 11.4. The number of fused-ring (bicyclic) bond motifs is 4. The van der Waals surface area contributed by atoms with Crippen molar-refractivity contribution in [1.82, 2.24) is 9.97 Å². The Hall–Kier alpha value is -6.32. The van der Waals surface area contributed by atoms with Gasteiger partial charge in [0.25, 0.3) is 0 Å². The van der Waals surface area contributed by atoms with E-state index in [0.29, 0.717) is 5.82 Å². The molecular formula is C44H28N2O. The molecule has 0 atom stereocenters. The van der Waals surface area contributed by atoms with Gasteiger partial charge < -0.3 is 4.42 Å². The molecule has 2 heterocycles. The molecule has 9 aromatic rings. The van der Waals surface area contributed by atoms with Crippen LogP contribution in [0.1, 0.15) is 0 Å². The van der Waals surface area contributed by atoms with Crippen LogP contribution in [-0.2, 0) is 0 Å². The summed E-state index contributed by atoms with van der Waals surface area (Å²) in [5, 5.41) is 4.62. The van der Waals surface area contributed by atoms with Gasteiger partial charge in [0.2, 0.25) is 0 Å². The molecule has 7 aromatic carbocycles. The largest absolute Gasteiger partial charge is 0.456 e. The molecule has 2 aromatic heterocycles. The SMILES string of the molecule is c1ccc(-c2cc(-c3ccc(-c4ccc(-c5ccc6oc7ccccc7c6c5)cc4)c4ccccc34)nc(-c3ccccc3)n2)cc1. The molecule has 0 aliphatic carbocycles. The standard InChI is InChI=1S/C44H28N2O/c1-3-11-31(12-4-1)40-28-41(46-44(45-40)32-13-5-2-6-14-32)37-25-24-34(35-15-7-8-16-36(35)37)30-21-19-29(20-22-30)33-23-26-43-39(27-33)38-17-9-10-18-42(38)47-43/h1-28H. The van der Waals surface area contributed by atoms with E-state index in [1.807, 2.05) is 48.5 Å². The Morgan fingerprint density at radius 2 is 0.872 bits per heavy atom. The smallest absolute Gasteiger partial charge is 0.160 e. The van der Waals surface area contributed by atoms with E-state index < -0.39 is 0 Å². The fourth-order valence-corrected chi connectivity index (χ4v) is 6.58. The third kappa shape index (κ3) is 4.86. The lowest BCUT2D eigenvalue weighted by Crippen LogP contribution is -1.96. The van der Waals surface area contributed by atoms with Crippen molar-refractivity contribution in [2.75, 3.05) is 0 Å². The first kappa shape index (κ1) is 27.0. The molecular weight excluding hydrogens is 572 g/mol. The van der Waals surface area contributed by atoms with E-state index in [1.165, 1.54) is 27.6 Å². The molecule has 0 saturated carbocycles. The highest BCUT2D eigenvalue weighted by molar-refractivity contribution is 6.07. The summed E-state index contributed by atoms with van der Waals surface area (Å²) in [6.07, 6.45) is 0. The van der Waals surface area contributed by atoms with Crippen molar-refractivity contribution in [3.63, 3.8) is 0 Å². The van der Waals surface area contributed by atoms with Gasteiger partial charge in [-0.15, -0.1) is 0 Å². The van der Waals surface area contributed by atoms with Gasteiger partial charge in [-0.05, 0) is 57.3 Å². The van der Waals surface area contributed by atoms with E-state index >= 15 is 0 Å². The Bertz CT molecular complexity index is 2490. The molecule has 0 bridgehead atoms. The number of aromatic nitrogens is 2. The van der Waals surface area contributed by atoms with Gasteiger partial charge in [-0.2, -0.15) is 0 Å². The number of hydrogen-bond acceptors (Lipinski definition) is 3. The molecule has 0 N–H and O–H groups in total. The quantitative estimate of drug-likeness (QED) is 0.197. The van der Waals surface area contributed by atoms with Crippen LogP contribution in [0.25, 0.3) is 88.9 Å². The Morgan fingerprint density at radius 3 is 1.64 bits per heavy atom. The monoisotopic (exact) mass is 600 g/mol. The number of hydrogen-bond donors (Lipinski definition) is 0. The zero-order valence-corrected chi connectivity index (χ0v) is 25.5. The lowest BCUT2D eigenvalue weighted by Gasteiger charge is -2.14. The van der Waals surface area contributed by atoms with Crippen LogP contribution in [0.3, 0.4) is 0 Å². The van der Waals surface area contributed by atoms with Crippen LogP contribution >= 0.6 is 0 Å². The minimum absolute atomic E-state index is 0.715. The molecule has 0 spiro atoms. The average Bonchev–Trinajstić information content (AvgIpc) is 3.53. The summed E-state index contributed by atoms with van der Waals surface area (Å²) in [5.41, 5.74) is 11.5. The second-order valence-electron chi connectivity index (χ2n) is 11.8. The van der Waals surface area contributed by atoms with Crippen LogP contribution in [0.5, 0.6) is 0 Å². The maximum absolute atomic E-state index is 6.05. The first-order chi connectivity index (χ1) is 23.3. The average molecular weight is 601 g/mol. The summed E-state index contributed by atoms with van der Waals surface area (Å²) in [6.45, 7) is 0. The van der Waals surface area contributed by atoms with Gasteiger partial charge in [0, 0.05) is 27.5 Å². The molecule has 0 saturated heterocycles. The maximum Gasteiger partial charge on any atom is 0.160 e. The highest BCUT2D eigenvalue weighted by Gasteiger charge is 2.15. The van der Waals surface area contributed by atoms with Crippen LogP contribution in [0.4, 0.5) is 0 Å². The second-order valence-corrected chi connectivity index (χ2v) is 11.8. The molecule has 9 rings (SSSR count). The fraction of sp³-hybridized carbons (Fsp3) is 0. The van der Waals surface area contributed by atoms with Crippen molar-refractivity contribution in [2.45, 2.75) is 0 Å².